The molecule has 0 bridgehead atoms. The molecule has 2 aromatic heterocycles. The normalized spacial score (nSPS) is 11.3. The van der Waals surface area contributed by atoms with E-state index in [0.717, 1.165) is 16.8 Å². The SMILES string of the molecule is CCn1nc(C)c2nc(SCc3ccccc3)n(Cc3ccc(F)cc3)c(=O)c21. The lowest BCUT2D eigenvalue weighted by atomic mass is 10.2. The van der Waals surface area contributed by atoms with Gasteiger partial charge in [-0.15, -0.1) is 0 Å². The fourth-order valence-corrected chi connectivity index (χ4v) is 4.21. The smallest absolute Gasteiger partial charge is 0.280 e. The van der Waals surface area contributed by atoms with E-state index in [4.69, 9.17) is 4.98 Å². The molecule has 0 saturated carbocycles. The minimum Gasteiger partial charge on any atom is -0.281 e. The highest BCUT2D eigenvalue weighted by atomic mass is 32.2. The Morgan fingerprint density at radius 2 is 1.76 bits per heavy atom. The number of thioether (sulfide) groups is 1. The van der Waals surface area contributed by atoms with E-state index in [-0.39, 0.29) is 11.4 Å². The molecule has 0 aliphatic heterocycles. The third-order valence-corrected chi connectivity index (χ3v) is 5.79. The molecule has 0 atom stereocenters. The Morgan fingerprint density at radius 1 is 1.03 bits per heavy atom. The van der Waals surface area contributed by atoms with Gasteiger partial charge in [0, 0.05) is 12.3 Å². The molecule has 0 fully saturated rings. The molecule has 0 unspecified atom stereocenters. The first kappa shape index (κ1) is 19.4. The highest BCUT2D eigenvalue weighted by Crippen LogP contribution is 2.24. The van der Waals surface area contributed by atoms with Crippen LogP contribution < -0.4 is 5.56 Å². The van der Waals surface area contributed by atoms with Crippen LogP contribution in [0.1, 0.15) is 23.7 Å². The number of halogens is 1. The zero-order chi connectivity index (χ0) is 20.4. The van der Waals surface area contributed by atoms with E-state index in [0.29, 0.717) is 35.0 Å². The molecule has 0 aliphatic carbocycles. The average Bonchev–Trinajstić information content (AvgIpc) is 3.07. The Morgan fingerprint density at radius 3 is 2.45 bits per heavy atom. The van der Waals surface area contributed by atoms with Gasteiger partial charge in [0.25, 0.3) is 5.56 Å². The minimum atomic E-state index is -0.298. The highest BCUT2D eigenvalue weighted by Gasteiger charge is 2.18. The molecule has 2 aromatic carbocycles. The summed E-state index contributed by atoms with van der Waals surface area (Å²) in [7, 11) is 0. The van der Waals surface area contributed by atoms with E-state index >= 15 is 0 Å². The van der Waals surface area contributed by atoms with Crippen molar-refractivity contribution in [3.05, 3.63) is 87.6 Å². The van der Waals surface area contributed by atoms with Gasteiger partial charge in [-0.3, -0.25) is 14.0 Å². The lowest BCUT2D eigenvalue weighted by Crippen LogP contribution is -2.25. The predicted octanol–water partition coefficient (Wildman–Crippen LogP) is 4.40. The van der Waals surface area contributed by atoms with Crippen molar-refractivity contribution in [2.75, 3.05) is 0 Å². The summed E-state index contributed by atoms with van der Waals surface area (Å²) in [5, 5.41) is 5.10. The fraction of sp³-hybridized carbons (Fsp3) is 0.227. The van der Waals surface area contributed by atoms with Crippen molar-refractivity contribution in [2.45, 2.75) is 37.8 Å². The Balaban J connectivity index is 1.81. The number of fused-ring (bicyclic) bond motifs is 1. The topological polar surface area (TPSA) is 52.7 Å². The molecular formula is C22H21FN4OS. The summed E-state index contributed by atoms with van der Waals surface area (Å²) < 4.78 is 16.7. The molecule has 7 heteroatoms. The van der Waals surface area contributed by atoms with E-state index < -0.39 is 0 Å². The number of aromatic nitrogens is 4. The lowest BCUT2D eigenvalue weighted by molar-refractivity contribution is 0.620. The largest absolute Gasteiger partial charge is 0.281 e. The van der Waals surface area contributed by atoms with Gasteiger partial charge in [0.1, 0.15) is 11.3 Å². The molecule has 4 aromatic rings. The summed E-state index contributed by atoms with van der Waals surface area (Å²) in [5.41, 5.74) is 3.77. The van der Waals surface area contributed by atoms with E-state index in [1.807, 2.05) is 44.2 Å². The summed E-state index contributed by atoms with van der Waals surface area (Å²) in [6.45, 7) is 4.74. The van der Waals surface area contributed by atoms with E-state index in [9.17, 15) is 9.18 Å². The van der Waals surface area contributed by atoms with Crippen molar-refractivity contribution in [1.29, 1.82) is 0 Å². The summed E-state index contributed by atoms with van der Waals surface area (Å²) in [4.78, 5) is 18.2. The van der Waals surface area contributed by atoms with Crippen molar-refractivity contribution in [3.63, 3.8) is 0 Å². The van der Waals surface area contributed by atoms with Crippen molar-refractivity contribution in [1.82, 2.24) is 19.3 Å². The molecule has 4 rings (SSSR count). The quantitative estimate of drug-likeness (QED) is 0.350. The standard InChI is InChI=1S/C22H21FN4OS/c1-3-27-20-19(15(2)25-27)24-22(29-14-17-7-5-4-6-8-17)26(21(20)28)13-16-9-11-18(23)12-10-16/h4-12H,3,13-14H2,1-2H3. The van der Waals surface area contributed by atoms with Crippen molar-refractivity contribution < 1.29 is 4.39 Å². The Bertz CT molecular complexity index is 1200. The zero-order valence-corrected chi connectivity index (χ0v) is 17.1. The van der Waals surface area contributed by atoms with Gasteiger partial charge < -0.3 is 0 Å². The third-order valence-electron chi connectivity index (χ3n) is 4.75. The van der Waals surface area contributed by atoms with Gasteiger partial charge >= 0.3 is 0 Å². The van der Waals surface area contributed by atoms with Crippen LogP contribution in [0.5, 0.6) is 0 Å². The third kappa shape index (κ3) is 3.96. The van der Waals surface area contributed by atoms with Crippen molar-refractivity contribution >= 4 is 22.8 Å². The predicted molar refractivity (Wildman–Crippen MR) is 114 cm³/mol. The summed E-state index contributed by atoms with van der Waals surface area (Å²) in [5.74, 6) is 0.399. The molecule has 0 radical (unpaired) electrons. The Hall–Kier alpha value is -2.93. The molecule has 0 N–H and O–H groups in total. The summed E-state index contributed by atoms with van der Waals surface area (Å²) >= 11 is 1.52. The zero-order valence-electron chi connectivity index (χ0n) is 16.3. The van der Waals surface area contributed by atoms with Crippen LogP contribution in [0.15, 0.2) is 64.5 Å². The number of benzene rings is 2. The minimum absolute atomic E-state index is 0.127. The maximum absolute atomic E-state index is 13.4. The fourth-order valence-electron chi connectivity index (χ4n) is 3.26. The van der Waals surface area contributed by atoms with Gasteiger partial charge in [-0.1, -0.05) is 54.2 Å². The first-order chi connectivity index (χ1) is 14.1. The van der Waals surface area contributed by atoms with Crippen LogP contribution in [0.2, 0.25) is 0 Å². The number of rotatable bonds is 6. The second kappa shape index (κ2) is 8.21. The van der Waals surface area contributed by atoms with E-state index in [2.05, 4.69) is 5.10 Å². The lowest BCUT2D eigenvalue weighted by Gasteiger charge is -2.13. The Kier molecular flexibility index (Phi) is 5.49. The van der Waals surface area contributed by atoms with Crippen LogP contribution in [0.25, 0.3) is 11.0 Å². The average molecular weight is 409 g/mol. The monoisotopic (exact) mass is 408 g/mol. The van der Waals surface area contributed by atoms with Crippen LogP contribution >= 0.6 is 11.8 Å². The second-order valence-corrected chi connectivity index (χ2v) is 7.73. The van der Waals surface area contributed by atoms with Gasteiger partial charge in [0.05, 0.1) is 12.2 Å². The van der Waals surface area contributed by atoms with Crippen LogP contribution in [-0.4, -0.2) is 19.3 Å². The second-order valence-electron chi connectivity index (χ2n) is 6.78. The number of hydrogen-bond donors (Lipinski definition) is 0. The van der Waals surface area contributed by atoms with Crippen LogP contribution in [-0.2, 0) is 18.8 Å². The molecule has 0 amide bonds. The van der Waals surface area contributed by atoms with E-state index in [1.54, 1.807) is 21.4 Å². The Labute approximate surface area is 172 Å². The maximum Gasteiger partial charge on any atom is 0.280 e. The highest BCUT2D eigenvalue weighted by molar-refractivity contribution is 7.98. The summed E-state index contributed by atoms with van der Waals surface area (Å²) in [6, 6.07) is 16.3. The van der Waals surface area contributed by atoms with Gasteiger partial charge in [0.2, 0.25) is 0 Å². The van der Waals surface area contributed by atoms with Gasteiger partial charge in [-0.25, -0.2) is 9.37 Å². The number of nitrogens with zero attached hydrogens (tertiary/aromatic N) is 4. The number of aryl methyl sites for hydroxylation is 2. The maximum atomic E-state index is 13.4. The molecule has 148 valence electrons. The molecule has 29 heavy (non-hydrogen) atoms. The van der Waals surface area contributed by atoms with Crippen molar-refractivity contribution in [3.8, 4) is 0 Å². The van der Waals surface area contributed by atoms with E-state index in [1.165, 1.54) is 23.9 Å². The molecule has 2 heterocycles. The number of hydrogen-bond acceptors (Lipinski definition) is 4. The van der Waals surface area contributed by atoms with Gasteiger partial charge in [0.15, 0.2) is 10.7 Å². The first-order valence-corrected chi connectivity index (χ1v) is 10.4. The van der Waals surface area contributed by atoms with Gasteiger partial charge in [-0.2, -0.15) is 5.10 Å². The first-order valence-electron chi connectivity index (χ1n) is 9.46. The van der Waals surface area contributed by atoms with Crippen LogP contribution in [0.3, 0.4) is 0 Å². The van der Waals surface area contributed by atoms with Crippen molar-refractivity contribution in [2.24, 2.45) is 0 Å². The molecule has 5 nitrogen and oxygen atoms in total. The molecule has 0 spiro atoms. The van der Waals surface area contributed by atoms with Crippen LogP contribution in [0.4, 0.5) is 4.39 Å². The molecule has 0 aliphatic rings. The van der Waals surface area contributed by atoms with Crippen LogP contribution in [0, 0.1) is 12.7 Å². The van der Waals surface area contributed by atoms with Gasteiger partial charge in [-0.05, 0) is 37.1 Å². The molecule has 0 saturated heterocycles. The summed E-state index contributed by atoms with van der Waals surface area (Å²) in [6.07, 6.45) is 0. The molecular weight excluding hydrogens is 387 g/mol.